The van der Waals surface area contributed by atoms with Gasteiger partial charge < -0.3 is 14.8 Å². The largest absolute Gasteiger partial charge is 0.573 e. The molecule has 7 heteroatoms. The first kappa shape index (κ1) is 18.1. The minimum Gasteiger partial charge on any atom is -0.492 e. The molecule has 1 aromatic rings. The number of benzene rings is 1. The standard InChI is InChI=1S/C14H19BrF3NO2/c1-3-10(4-2)19-7-8-20-11-5-6-13(12(15)9-11)21-14(16,17)18/h5-6,9-10,19H,3-4,7-8H2,1-2H3. The van der Waals surface area contributed by atoms with Gasteiger partial charge in [0.1, 0.15) is 18.1 Å². The molecule has 0 amide bonds. The maximum Gasteiger partial charge on any atom is 0.573 e. The third-order valence-electron chi connectivity index (χ3n) is 2.92. The van der Waals surface area contributed by atoms with Crippen LogP contribution >= 0.6 is 15.9 Å². The van der Waals surface area contributed by atoms with Crippen LogP contribution in [0.15, 0.2) is 22.7 Å². The highest BCUT2D eigenvalue weighted by Crippen LogP contribution is 2.33. The van der Waals surface area contributed by atoms with E-state index in [0.29, 0.717) is 24.9 Å². The van der Waals surface area contributed by atoms with Gasteiger partial charge in [-0.05, 0) is 47.0 Å². The molecule has 0 spiro atoms. The van der Waals surface area contributed by atoms with Gasteiger partial charge in [0.2, 0.25) is 0 Å². The molecule has 0 unspecified atom stereocenters. The fourth-order valence-electron chi connectivity index (χ4n) is 1.79. The topological polar surface area (TPSA) is 30.5 Å². The van der Waals surface area contributed by atoms with Gasteiger partial charge in [0.05, 0.1) is 4.47 Å². The molecule has 0 saturated carbocycles. The van der Waals surface area contributed by atoms with E-state index in [9.17, 15) is 13.2 Å². The van der Waals surface area contributed by atoms with Gasteiger partial charge in [0, 0.05) is 12.6 Å². The van der Waals surface area contributed by atoms with Crippen molar-refractivity contribution in [3.63, 3.8) is 0 Å². The Kier molecular flexibility index (Phi) is 7.31. The van der Waals surface area contributed by atoms with E-state index in [1.165, 1.54) is 18.2 Å². The average molecular weight is 370 g/mol. The number of hydrogen-bond acceptors (Lipinski definition) is 3. The zero-order chi connectivity index (χ0) is 15.9. The maximum atomic E-state index is 12.1. The molecule has 1 rings (SSSR count). The van der Waals surface area contributed by atoms with Crippen molar-refractivity contribution in [2.24, 2.45) is 0 Å². The lowest BCUT2D eigenvalue weighted by molar-refractivity contribution is -0.274. The maximum absolute atomic E-state index is 12.1. The molecule has 0 fully saturated rings. The zero-order valence-electron chi connectivity index (χ0n) is 12.0. The van der Waals surface area contributed by atoms with Crippen molar-refractivity contribution in [1.29, 1.82) is 0 Å². The summed E-state index contributed by atoms with van der Waals surface area (Å²) in [5.74, 6) is 0.202. The molecule has 3 nitrogen and oxygen atoms in total. The van der Waals surface area contributed by atoms with Crippen molar-refractivity contribution in [2.45, 2.75) is 39.1 Å². The Hall–Kier alpha value is -0.950. The van der Waals surface area contributed by atoms with Crippen molar-refractivity contribution in [3.8, 4) is 11.5 Å². The second-order valence-electron chi connectivity index (χ2n) is 4.46. The summed E-state index contributed by atoms with van der Waals surface area (Å²) in [5.41, 5.74) is 0. The molecule has 0 heterocycles. The first-order chi connectivity index (χ1) is 9.85. The van der Waals surface area contributed by atoms with Crippen molar-refractivity contribution in [1.82, 2.24) is 5.32 Å². The summed E-state index contributed by atoms with van der Waals surface area (Å²) in [4.78, 5) is 0. The Balaban J connectivity index is 2.45. The lowest BCUT2D eigenvalue weighted by Crippen LogP contribution is -2.31. The number of nitrogens with one attached hydrogen (secondary N) is 1. The number of ether oxygens (including phenoxy) is 2. The summed E-state index contributed by atoms with van der Waals surface area (Å²) in [5, 5.41) is 3.34. The quantitative estimate of drug-likeness (QED) is 0.684. The second-order valence-corrected chi connectivity index (χ2v) is 5.31. The molecular weight excluding hydrogens is 351 g/mol. The molecule has 0 aliphatic heterocycles. The molecule has 0 radical (unpaired) electrons. The first-order valence-corrected chi connectivity index (χ1v) is 7.56. The Bertz CT molecular complexity index is 437. The van der Waals surface area contributed by atoms with E-state index < -0.39 is 6.36 Å². The van der Waals surface area contributed by atoms with E-state index in [-0.39, 0.29) is 10.2 Å². The summed E-state index contributed by atoms with van der Waals surface area (Å²) in [6.45, 7) is 5.35. The van der Waals surface area contributed by atoms with Crippen LogP contribution in [-0.2, 0) is 0 Å². The fraction of sp³-hybridized carbons (Fsp3) is 0.571. The molecule has 0 aliphatic rings. The van der Waals surface area contributed by atoms with Gasteiger partial charge in [-0.15, -0.1) is 13.2 Å². The van der Waals surface area contributed by atoms with Crippen LogP contribution in [0.3, 0.4) is 0 Å². The molecule has 1 N–H and O–H groups in total. The third-order valence-corrected chi connectivity index (χ3v) is 3.54. The van der Waals surface area contributed by atoms with Crippen LogP contribution in [0.1, 0.15) is 26.7 Å². The minimum atomic E-state index is -4.70. The van der Waals surface area contributed by atoms with Gasteiger partial charge in [0.25, 0.3) is 0 Å². The monoisotopic (exact) mass is 369 g/mol. The molecule has 1 aromatic carbocycles. The summed E-state index contributed by atoms with van der Waals surface area (Å²) in [7, 11) is 0. The smallest absolute Gasteiger partial charge is 0.492 e. The first-order valence-electron chi connectivity index (χ1n) is 6.77. The second kappa shape index (κ2) is 8.48. The number of hydrogen-bond donors (Lipinski definition) is 1. The molecule has 21 heavy (non-hydrogen) atoms. The molecule has 0 saturated heterocycles. The summed E-state index contributed by atoms with van der Waals surface area (Å²) in [6, 6.07) is 4.59. The van der Waals surface area contributed by atoms with Gasteiger partial charge in [-0.1, -0.05) is 13.8 Å². The van der Waals surface area contributed by atoms with Gasteiger partial charge in [-0.3, -0.25) is 0 Å². The number of rotatable bonds is 8. The highest BCUT2D eigenvalue weighted by atomic mass is 79.9. The van der Waals surface area contributed by atoms with Crippen LogP contribution in [0, 0.1) is 0 Å². The molecule has 0 atom stereocenters. The SMILES string of the molecule is CCC(CC)NCCOc1ccc(OC(F)(F)F)c(Br)c1. The normalized spacial score (nSPS) is 11.8. The molecule has 0 aromatic heterocycles. The predicted octanol–water partition coefficient (Wildman–Crippen LogP) is 4.50. The van der Waals surface area contributed by atoms with E-state index in [0.717, 1.165) is 12.8 Å². The van der Waals surface area contributed by atoms with E-state index in [2.05, 4.69) is 39.8 Å². The Morgan fingerprint density at radius 3 is 2.43 bits per heavy atom. The Morgan fingerprint density at radius 1 is 1.24 bits per heavy atom. The highest BCUT2D eigenvalue weighted by Gasteiger charge is 2.31. The number of alkyl halides is 3. The molecule has 120 valence electrons. The zero-order valence-corrected chi connectivity index (χ0v) is 13.6. The molecular formula is C14H19BrF3NO2. The Labute approximate surface area is 130 Å². The van der Waals surface area contributed by atoms with E-state index in [4.69, 9.17) is 4.74 Å². The summed E-state index contributed by atoms with van der Waals surface area (Å²) in [6.07, 6.45) is -2.61. The van der Waals surface area contributed by atoms with Gasteiger partial charge in [-0.25, -0.2) is 0 Å². The van der Waals surface area contributed by atoms with Crippen molar-refractivity contribution >= 4 is 15.9 Å². The van der Waals surface area contributed by atoms with Crippen LogP contribution in [0.2, 0.25) is 0 Å². The van der Waals surface area contributed by atoms with Crippen LogP contribution in [0.25, 0.3) is 0 Å². The summed E-state index contributed by atoms with van der Waals surface area (Å²) >= 11 is 3.03. The van der Waals surface area contributed by atoms with E-state index in [1.54, 1.807) is 0 Å². The fourth-order valence-corrected chi connectivity index (χ4v) is 2.23. The van der Waals surface area contributed by atoms with Gasteiger partial charge in [0.15, 0.2) is 0 Å². The van der Waals surface area contributed by atoms with E-state index >= 15 is 0 Å². The lowest BCUT2D eigenvalue weighted by Gasteiger charge is -2.15. The minimum absolute atomic E-state index is 0.199. The highest BCUT2D eigenvalue weighted by molar-refractivity contribution is 9.10. The average Bonchev–Trinajstić information content (AvgIpc) is 2.40. The van der Waals surface area contributed by atoms with Crippen molar-refractivity contribution in [3.05, 3.63) is 22.7 Å². The third kappa shape index (κ3) is 7.04. The van der Waals surface area contributed by atoms with Crippen LogP contribution in [0.5, 0.6) is 11.5 Å². The number of halogens is 4. The lowest BCUT2D eigenvalue weighted by atomic mass is 10.2. The van der Waals surface area contributed by atoms with Crippen molar-refractivity contribution < 1.29 is 22.6 Å². The molecule has 0 bridgehead atoms. The van der Waals surface area contributed by atoms with Crippen LogP contribution in [-0.4, -0.2) is 25.6 Å². The molecule has 0 aliphatic carbocycles. The summed E-state index contributed by atoms with van der Waals surface area (Å²) < 4.78 is 45.9. The van der Waals surface area contributed by atoms with Gasteiger partial charge in [-0.2, -0.15) is 0 Å². The Morgan fingerprint density at radius 2 is 1.90 bits per heavy atom. The van der Waals surface area contributed by atoms with E-state index in [1.807, 2.05) is 0 Å². The van der Waals surface area contributed by atoms with Gasteiger partial charge >= 0.3 is 6.36 Å². The van der Waals surface area contributed by atoms with Crippen LogP contribution < -0.4 is 14.8 Å². The van der Waals surface area contributed by atoms with Crippen LogP contribution in [0.4, 0.5) is 13.2 Å². The van der Waals surface area contributed by atoms with Crippen molar-refractivity contribution in [2.75, 3.05) is 13.2 Å². The predicted molar refractivity (Wildman–Crippen MR) is 78.7 cm³/mol.